The summed E-state index contributed by atoms with van der Waals surface area (Å²) >= 11 is 0. The van der Waals surface area contributed by atoms with Crippen molar-refractivity contribution in [1.82, 2.24) is 9.55 Å². The van der Waals surface area contributed by atoms with Crippen LogP contribution < -0.4 is 4.90 Å². The molecule has 0 aliphatic carbocycles. The number of aliphatic carboxylic acids is 1. The molecule has 1 aliphatic heterocycles. The Kier molecular flexibility index (Phi) is 3.34. The summed E-state index contributed by atoms with van der Waals surface area (Å²) in [6.45, 7) is 4.41. The summed E-state index contributed by atoms with van der Waals surface area (Å²) in [5, 5.41) is 8.88. The van der Waals surface area contributed by atoms with E-state index in [1.165, 1.54) is 18.5 Å². The van der Waals surface area contributed by atoms with Gasteiger partial charge in [0.1, 0.15) is 6.54 Å². The van der Waals surface area contributed by atoms with Crippen molar-refractivity contribution in [2.75, 3.05) is 18.0 Å². The van der Waals surface area contributed by atoms with E-state index in [0.717, 1.165) is 30.0 Å². The fraction of sp³-hybridized carbons (Fsp3) is 0.467. The van der Waals surface area contributed by atoms with E-state index >= 15 is 0 Å². The first-order chi connectivity index (χ1) is 9.63. The number of carboxylic acids is 1. The van der Waals surface area contributed by atoms with Crippen LogP contribution in [0.5, 0.6) is 0 Å². The van der Waals surface area contributed by atoms with Crippen LogP contribution in [0.25, 0.3) is 11.0 Å². The summed E-state index contributed by atoms with van der Waals surface area (Å²) in [4.78, 5) is 17.5. The van der Waals surface area contributed by atoms with E-state index in [1.54, 1.807) is 10.9 Å². The molecule has 0 amide bonds. The molecule has 0 bridgehead atoms. The first kappa shape index (κ1) is 13.0. The van der Waals surface area contributed by atoms with Crippen molar-refractivity contribution in [1.29, 1.82) is 0 Å². The zero-order valence-corrected chi connectivity index (χ0v) is 11.6. The van der Waals surface area contributed by atoms with Gasteiger partial charge in [-0.25, -0.2) is 4.98 Å². The van der Waals surface area contributed by atoms with Crippen LogP contribution in [0.1, 0.15) is 19.8 Å². The van der Waals surface area contributed by atoms with Gasteiger partial charge in [0.25, 0.3) is 0 Å². The molecule has 1 aromatic carbocycles. The lowest BCUT2D eigenvalue weighted by Crippen LogP contribution is -2.34. The molecule has 1 fully saturated rings. The highest BCUT2D eigenvalue weighted by Crippen LogP contribution is 2.26. The molecular formula is C15H19N3O2. The second-order valence-electron chi connectivity index (χ2n) is 5.63. The Morgan fingerprint density at radius 2 is 2.35 bits per heavy atom. The number of anilines is 1. The molecule has 0 saturated carbocycles. The minimum Gasteiger partial charge on any atom is -0.480 e. The molecule has 20 heavy (non-hydrogen) atoms. The van der Waals surface area contributed by atoms with Crippen LogP contribution in [0.2, 0.25) is 0 Å². The van der Waals surface area contributed by atoms with Crippen molar-refractivity contribution in [2.24, 2.45) is 5.92 Å². The maximum Gasteiger partial charge on any atom is 0.323 e. The number of benzene rings is 1. The zero-order chi connectivity index (χ0) is 14.1. The molecule has 0 spiro atoms. The summed E-state index contributed by atoms with van der Waals surface area (Å²) < 4.78 is 1.67. The van der Waals surface area contributed by atoms with Crippen LogP contribution in [0.15, 0.2) is 24.5 Å². The number of hydrogen-bond donors (Lipinski definition) is 1. The number of hydrogen-bond acceptors (Lipinski definition) is 3. The Hall–Kier alpha value is -2.04. The fourth-order valence-electron chi connectivity index (χ4n) is 2.94. The van der Waals surface area contributed by atoms with Gasteiger partial charge < -0.3 is 14.6 Å². The summed E-state index contributed by atoms with van der Waals surface area (Å²) in [6.07, 6.45) is 4.13. The van der Waals surface area contributed by atoms with Crippen LogP contribution in [0, 0.1) is 5.92 Å². The lowest BCUT2D eigenvalue weighted by molar-refractivity contribution is -0.137. The van der Waals surface area contributed by atoms with Gasteiger partial charge in [0.2, 0.25) is 0 Å². The number of nitrogens with zero attached hydrogens (tertiary/aromatic N) is 3. The molecule has 1 N–H and O–H groups in total. The molecule has 3 rings (SSSR count). The van der Waals surface area contributed by atoms with Crippen molar-refractivity contribution < 1.29 is 9.90 Å². The van der Waals surface area contributed by atoms with Gasteiger partial charge >= 0.3 is 5.97 Å². The van der Waals surface area contributed by atoms with Gasteiger partial charge in [0, 0.05) is 18.8 Å². The molecular weight excluding hydrogens is 254 g/mol. The van der Waals surface area contributed by atoms with E-state index in [-0.39, 0.29) is 6.54 Å². The molecule has 1 aliphatic rings. The monoisotopic (exact) mass is 273 g/mol. The van der Waals surface area contributed by atoms with Crippen LogP contribution in [-0.4, -0.2) is 33.7 Å². The maximum atomic E-state index is 10.8. The normalized spacial score (nSPS) is 19.4. The third-order valence-corrected chi connectivity index (χ3v) is 3.93. The highest BCUT2D eigenvalue weighted by Gasteiger charge is 2.17. The lowest BCUT2D eigenvalue weighted by Gasteiger charge is -2.32. The van der Waals surface area contributed by atoms with Gasteiger partial charge in [-0.2, -0.15) is 0 Å². The van der Waals surface area contributed by atoms with Crippen molar-refractivity contribution in [3.63, 3.8) is 0 Å². The van der Waals surface area contributed by atoms with E-state index in [2.05, 4.69) is 28.9 Å². The largest absolute Gasteiger partial charge is 0.480 e. The van der Waals surface area contributed by atoms with Crippen molar-refractivity contribution in [3.8, 4) is 0 Å². The topological polar surface area (TPSA) is 58.4 Å². The smallest absolute Gasteiger partial charge is 0.323 e. The Morgan fingerprint density at radius 3 is 3.10 bits per heavy atom. The SMILES string of the molecule is CC1CCCN(c2ccc3c(c2)ncn3CC(=O)O)C1. The van der Waals surface area contributed by atoms with Crippen LogP contribution in [0.4, 0.5) is 5.69 Å². The van der Waals surface area contributed by atoms with Gasteiger partial charge in [0.15, 0.2) is 0 Å². The van der Waals surface area contributed by atoms with Gasteiger partial charge in [-0.3, -0.25) is 4.79 Å². The zero-order valence-electron chi connectivity index (χ0n) is 11.6. The van der Waals surface area contributed by atoms with Crippen LogP contribution in [0.3, 0.4) is 0 Å². The van der Waals surface area contributed by atoms with Crippen LogP contribution >= 0.6 is 0 Å². The Labute approximate surface area is 117 Å². The molecule has 2 heterocycles. The molecule has 1 saturated heterocycles. The fourth-order valence-corrected chi connectivity index (χ4v) is 2.94. The molecule has 1 atom stereocenters. The standard InChI is InChI=1S/C15H19N3O2/c1-11-3-2-6-17(8-11)12-4-5-14-13(7-12)16-10-18(14)9-15(19)20/h4-5,7,10-11H,2-3,6,8-9H2,1H3,(H,19,20). The second-order valence-corrected chi connectivity index (χ2v) is 5.63. The molecule has 2 aromatic rings. The summed E-state index contributed by atoms with van der Waals surface area (Å²) in [5.41, 5.74) is 2.92. The van der Waals surface area contributed by atoms with Gasteiger partial charge in [-0.15, -0.1) is 0 Å². The van der Waals surface area contributed by atoms with E-state index in [0.29, 0.717) is 0 Å². The Balaban J connectivity index is 1.89. The van der Waals surface area contributed by atoms with Crippen LogP contribution in [-0.2, 0) is 11.3 Å². The summed E-state index contributed by atoms with van der Waals surface area (Å²) in [7, 11) is 0. The predicted octanol–water partition coefficient (Wildman–Crippen LogP) is 2.36. The minimum absolute atomic E-state index is 0.0450. The molecule has 0 radical (unpaired) electrons. The third-order valence-electron chi connectivity index (χ3n) is 3.93. The number of carboxylic acid groups (broad SMARTS) is 1. The van der Waals surface area contributed by atoms with Gasteiger partial charge in [-0.1, -0.05) is 6.92 Å². The predicted molar refractivity (Wildman–Crippen MR) is 78.0 cm³/mol. The first-order valence-electron chi connectivity index (χ1n) is 7.05. The molecule has 5 nitrogen and oxygen atoms in total. The first-order valence-corrected chi connectivity index (χ1v) is 7.05. The van der Waals surface area contributed by atoms with E-state index in [9.17, 15) is 4.79 Å². The molecule has 1 unspecified atom stereocenters. The maximum absolute atomic E-state index is 10.8. The van der Waals surface area contributed by atoms with Crippen molar-refractivity contribution in [3.05, 3.63) is 24.5 Å². The van der Waals surface area contributed by atoms with E-state index < -0.39 is 5.97 Å². The number of piperidine rings is 1. The lowest BCUT2D eigenvalue weighted by atomic mass is 10.00. The number of fused-ring (bicyclic) bond motifs is 1. The second kappa shape index (κ2) is 5.15. The van der Waals surface area contributed by atoms with E-state index in [1.807, 2.05) is 6.07 Å². The van der Waals surface area contributed by atoms with Crippen molar-refractivity contribution in [2.45, 2.75) is 26.3 Å². The highest BCUT2D eigenvalue weighted by molar-refractivity contribution is 5.81. The number of imidazole rings is 1. The third kappa shape index (κ3) is 2.48. The Bertz CT molecular complexity index is 635. The average Bonchev–Trinajstić information content (AvgIpc) is 2.80. The minimum atomic E-state index is -0.849. The number of carbonyl (C=O) groups is 1. The van der Waals surface area contributed by atoms with E-state index in [4.69, 9.17) is 5.11 Å². The molecule has 5 heteroatoms. The quantitative estimate of drug-likeness (QED) is 0.932. The highest BCUT2D eigenvalue weighted by atomic mass is 16.4. The van der Waals surface area contributed by atoms with Gasteiger partial charge in [-0.05, 0) is 37.0 Å². The molecule has 106 valence electrons. The number of rotatable bonds is 3. The van der Waals surface area contributed by atoms with Gasteiger partial charge in [0.05, 0.1) is 17.4 Å². The Morgan fingerprint density at radius 1 is 1.50 bits per heavy atom. The average molecular weight is 273 g/mol. The summed E-state index contributed by atoms with van der Waals surface area (Å²) in [6, 6.07) is 6.10. The van der Waals surface area contributed by atoms with Crippen molar-refractivity contribution >= 4 is 22.7 Å². The number of aromatic nitrogens is 2. The molecule has 1 aromatic heterocycles. The summed E-state index contributed by atoms with van der Waals surface area (Å²) in [5.74, 6) is -0.123.